The van der Waals surface area contributed by atoms with Gasteiger partial charge < -0.3 is 20.7 Å². The number of carbonyl (C=O) groups excluding carboxylic acids is 1. The lowest BCUT2D eigenvalue weighted by Crippen LogP contribution is -2.19. The van der Waals surface area contributed by atoms with Crippen LogP contribution >= 0.6 is 0 Å². The Morgan fingerprint density at radius 3 is 2.69 bits per heavy atom. The van der Waals surface area contributed by atoms with Crippen molar-refractivity contribution < 1.29 is 9.53 Å². The van der Waals surface area contributed by atoms with Crippen LogP contribution < -0.4 is 20.7 Å². The van der Waals surface area contributed by atoms with Crippen LogP contribution in [0.2, 0.25) is 0 Å². The maximum Gasteiger partial charge on any atom is 0.323 e. The zero-order valence-corrected chi connectivity index (χ0v) is 20.0. The molecule has 8 heteroatoms. The zero-order valence-electron chi connectivity index (χ0n) is 20.0. The van der Waals surface area contributed by atoms with Gasteiger partial charge in [0.15, 0.2) is 0 Å². The van der Waals surface area contributed by atoms with Gasteiger partial charge in [0.25, 0.3) is 0 Å². The number of rotatable bonds is 6. The van der Waals surface area contributed by atoms with E-state index in [4.69, 9.17) is 9.84 Å². The maximum atomic E-state index is 12.6. The minimum atomic E-state index is -0.321. The van der Waals surface area contributed by atoms with E-state index >= 15 is 0 Å². The summed E-state index contributed by atoms with van der Waals surface area (Å²) in [5, 5.41) is 14.1. The lowest BCUT2D eigenvalue weighted by atomic mass is 9.97. The fraction of sp³-hybridized carbons (Fsp3) is 0.222. The van der Waals surface area contributed by atoms with Crippen molar-refractivity contribution in [2.24, 2.45) is 0 Å². The second-order valence-electron chi connectivity index (χ2n) is 8.57. The van der Waals surface area contributed by atoms with Crippen molar-refractivity contribution in [3.63, 3.8) is 0 Å². The molecule has 2 aromatic heterocycles. The minimum Gasteiger partial charge on any atom is -0.497 e. The Morgan fingerprint density at radius 1 is 1.11 bits per heavy atom. The van der Waals surface area contributed by atoms with Gasteiger partial charge in [-0.15, -0.1) is 0 Å². The first-order chi connectivity index (χ1) is 17.0. The summed E-state index contributed by atoms with van der Waals surface area (Å²) < 4.78 is 7.11. The Hall–Kier alpha value is -4.33. The molecule has 4 aromatic rings. The van der Waals surface area contributed by atoms with Crippen molar-refractivity contribution in [3.05, 3.63) is 72.6 Å². The average molecular weight is 469 g/mol. The normalized spacial score (nSPS) is 14.2. The highest BCUT2D eigenvalue weighted by molar-refractivity contribution is 6.00. The van der Waals surface area contributed by atoms with E-state index in [1.165, 1.54) is 5.56 Å². The zero-order chi connectivity index (χ0) is 24.4. The molecular formula is C27H28N6O2. The van der Waals surface area contributed by atoms with Crippen molar-refractivity contribution in [2.75, 3.05) is 23.1 Å². The molecule has 1 aliphatic rings. The Bertz CT molecular complexity index is 1360. The lowest BCUT2D eigenvalue weighted by Gasteiger charge is -2.10. The van der Waals surface area contributed by atoms with E-state index in [0.717, 1.165) is 46.9 Å². The fourth-order valence-electron chi connectivity index (χ4n) is 4.37. The number of hydrogen-bond acceptors (Lipinski definition) is 5. The molecule has 1 aliphatic heterocycles. The molecule has 35 heavy (non-hydrogen) atoms. The standard InChI is InChI=1S/C27H28N6O2/c1-4-33-16-24(22-12-13-28-26-23(22)14-17(2)29-26)25(32-33)18-6-5-7-20(15-18)31-27(34)30-19-8-10-21(35-3)11-9-19/h5-13,15-17H,4,14H2,1-3H3,(H,28,29)(H2,30,31,34). The van der Waals surface area contributed by atoms with Gasteiger partial charge in [-0.3, -0.25) is 4.68 Å². The van der Waals surface area contributed by atoms with Gasteiger partial charge >= 0.3 is 6.03 Å². The van der Waals surface area contributed by atoms with Crippen molar-refractivity contribution in [1.82, 2.24) is 14.8 Å². The second kappa shape index (κ2) is 9.50. The number of nitrogens with zero attached hydrogens (tertiary/aromatic N) is 3. The van der Waals surface area contributed by atoms with Crippen LogP contribution in [-0.2, 0) is 13.0 Å². The predicted octanol–water partition coefficient (Wildman–Crippen LogP) is 5.64. The summed E-state index contributed by atoms with van der Waals surface area (Å²) in [6.45, 7) is 4.99. The van der Waals surface area contributed by atoms with Gasteiger partial charge in [-0.2, -0.15) is 5.10 Å². The van der Waals surface area contributed by atoms with E-state index in [1.807, 2.05) is 35.1 Å². The Morgan fingerprint density at radius 2 is 1.91 bits per heavy atom. The summed E-state index contributed by atoms with van der Waals surface area (Å²) in [5.41, 5.74) is 6.57. The summed E-state index contributed by atoms with van der Waals surface area (Å²) in [5.74, 6) is 1.67. The van der Waals surface area contributed by atoms with Crippen LogP contribution in [0.25, 0.3) is 22.4 Å². The number of anilines is 3. The molecule has 1 unspecified atom stereocenters. The quantitative estimate of drug-likeness (QED) is 0.340. The lowest BCUT2D eigenvalue weighted by molar-refractivity contribution is 0.262. The number of ether oxygens (including phenoxy) is 1. The summed E-state index contributed by atoms with van der Waals surface area (Å²) in [4.78, 5) is 17.1. The molecule has 2 aromatic carbocycles. The van der Waals surface area contributed by atoms with Gasteiger partial charge in [-0.1, -0.05) is 12.1 Å². The smallest absolute Gasteiger partial charge is 0.323 e. The predicted molar refractivity (Wildman–Crippen MR) is 139 cm³/mol. The van der Waals surface area contributed by atoms with Crippen LogP contribution in [0.1, 0.15) is 19.4 Å². The molecule has 8 nitrogen and oxygen atoms in total. The first kappa shape index (κ1) is 22.5. The van der Waals surface area contributed by atoms with E-state index in [0.29, 0.717) is 17.4 Å². The first-order valence-corrected chi connectivity index (χ1v) is 11.7. The molecule has 0 radical (unpaired) electrons. The van der Waals surface area contributed by atoms with Crippen LogP contribution in [0.4, 0.5) is 22.0 Å². The molecule has 1 atom stereocenters. The number of amides is 2. The van der Waals surface area contributed by atoms with Gasteiger partial charge in [0, 0.05) is 53.0 Å². The second-order valence-corrected chi connectivity index (χ2v) is 8.57. The average Bonchev–Trinajstić information content (AvgIpc) is 3.47. The third kappa shape index (κ3) is 4.68. The number of aryl methyl sites for hydroxylation is 1. The van der Waals surface area contributed by atoms with Crippen LogP contribution in [0.5, 0.6) is 5.75 Å². The summed E-state index contributed by atoms with van der Waals surface area (Å²) >= 11 is 0. The highest BCUT2D eigenvalue weighted by atomic mass is 16.5. The van der Waals surface area contributed by atoms with E-state index < -0.39 is 0 Å². The Labute approximate surface area is 204 Å². The molecule has 0 saturated heterocycles. The van der Waals surface area contributed by atoms with Gasteiger partial charge in [0.2, 0.25) is 0 Å². The third-order valence-corrected chi connectivity index (χ3v) is 6.07. The molecule has 0 bridgehead atoms. The SMILES string of the molecule is CCn1cc(-c2ccnc3c2CC(C)N3)c(-c2cccc(NC(=O)Nc3ccc(OC)cc3)c2)n1. The largest absolute Gasteiger partial charge is 0.497 e. The van der Waals surface area contributed by atoms with E-state index in [2.05, 4.69) is 47.0 Å². The number of benzene rings is 2. The highest BCUT2D eigenvalue weighted by Crippen LogP contribution is 2.38. The van der Waals surface area contributed by atoms with Gasteiger partial charge in [0.1, 0.15) is 17.3 Å². The Kier molecular flexibility index (Phi) is 6.10. The fourth-order valence-corrected chi connectivity index (χ4v) is 4.37. The summed E-state index contributed by atoms with van der Waals surface area (Å²) in [6, 6.07) is 17.0. The molecule has 0 spiro atoms. The topological polar surface area (TPSA) is 93.1 Å². The molecule has 5 rings (SSSR count). The first-order valence-electron chi connectivity index (χ1n) is 11.7. The number of aromatic nitrogens is 3. The van der Waals surface area contributed by atoms with Crippen molar-refractivity contribution in [1.29, 1.82) is 0 Å². The van der Waals surface area contributed by atoms with Gasteiger partial charge in [-0.05, 0) is 68.3 Å². The van der Waals surface area contributed by atoms with Gasteiger partial charge in [0.05, 0.1) is 7.11 Å². The van der Waals surface area contributed by atoms with Gasteiger partial charge in [-0.25, -0.2) is 9.78 Å². The number of hydrogen-bond donors (Lipinski definition) is 3. The maximum absolute atomic E-state index is 12.6. The van der Waals surface area contributed by atoms with Crippen LogP contribution in [0.15, 0.2) is 67.0 Å². The van der Waals surface area contributed by atoms with Crippen LogP contribution in [0.3, 0.4) is 0 Å². The third-order valence-electron chi connectivity index (χ3n) is 6.07. The van der Waals surface area contributed by atoms with Crippen molar-refractivity contribution >= 4 is 23.2 Å². The highest BCUT2D eigenvalue weighted by Gasteiger charge is 2.24. The number of carbonyl (C=O) groups is 1. The Balaban J connectivity index is 1.42. The minimum absolute atomic E-state index is 0.321. The van der Waals surface area contributed by atoms with Crippen molar-refractivity contribution in [3.8, 4) is 28.1 Å². The van der Waals surface area contributed by atoms with Crippen molar-refractivity contribution in [2.45, 2.75) is 32.9 Å². The monoisotopic (exact) mass is 468 g/mol. The molecule has 178 valence electrons. The molecule has 3 N–H and O–H groups in total. The van der Waals surface area contributed by atoms with E-state index in [9.17, 15) is 4.79 Å². The molecular weight excluding hydrogens is 440 g/mol. The number of fused-ring (bicyclic) bond motifs is 1. The van der Waals surface area contributed by atoms with E-state index in [-0.39, 0.29) is 6.03 Å². The van der Waals surface area contributed by atoms with E-state index in [1.54, 1.807) is 31.4 Å². The molecule has 0 saturated carbocycles. The van der Waals surface area contributed by atoms with Crippen LogP contribution in [0, 0.1) is 0 Å². The molecule has 0 fully saturated rings. The van der Waals surface area contributed by atoms with Crippen LogP contribution in [-0.4, -0.2) is 33.9 Å². The number of pyridine rings is 1. The summed E-state index contributed by atoms with van der Waals surface area (Å²) in [7, 11) is 1.61. The summed E-state index contributed by atoms with van der Waals surface area (Å²) in [6.07, 6.45) is 4.85. The number of nitrogens with one attached hydrogen (secondary N) is 3. The number of urea groups is 1. The molecule has 0 aliphatic carbocycles. The number of methoxy groups -OCH3 is 1. The molecule has 3 heterocycles. The molecule has 2 amide bonds.